The van der Waals surface area contributed by atoms with Gasteiger partial charge in [0.05, 0.1) is 13.5 Å². The van der Waals surface area contributed by atoms with E-state index in [0.717, 1.165) is 25.7 Å². The number of rotatable bonds is 6. The van der Waals surface area contributed by atoms with Crippen LogP contribution in [0.3, 0.4) is 0 Å². The summed E-state index contributed by atoms with van der Waals surface area (Å²) in [5.74, 6) is -0.669. The van der Waals surface area contributed by atoms with Crippen LogP contribution >= 0.6 is 0 Å². The number of hydrogen-bond donors (Lipinski definition) is 2. The molecule has 0 radical (unpaired) electrons. The van der Waals surface area contributed by atoms with Gasteiger partial charge in [-0.1, -0.05) is 57.8 Å². The lowest BCUT2D eigenvalue weighted by atomic mass is 9.98. The summed E-state index contributed by atoms with van der Waals surface area (Å²) in [5.41, 5.74) is 0.0426. The van der Waals surface area contributed by atoms with Crippen LogP contribution in [-0.2, 0) is 14.3 Å². The fourth-order valence-corrected chi connectivity index (χ4v) is 3.17. The Hall–Kier alpha value is -2.03. The molecule has 0 aromatic heterocycles. The molecule has 2 N–H and O–H groups in total. The highest BCUT2D eigenvalue weighted by atomic mass is 16.5. The van der Waals surface area contributed by atoms with E-state index >= 15 is 0 Å². The zero-order chi connectivity index (χ0) is 19.0. The van der Waals surface area contributed by atoms with Crippen molar-refractivity contribution in [1.82, 2.24) is 10.6 Å². The number of carbonyl (C=O) groups excluding carboxylic acids is 2. The Balaban J connectivity index is 2.47. The molecule has 26 heavy (non-hydrogen) atoms. The van der Waals surface area contributed by atoms with Crippen LogP contribution < -0.4 is 10.6 Å². The number of nitrogens with one attached hydrogen (secondary N) is 2. The van der Waals surface area contributed by atoms with Gasteiger partial charge in [0.15, 0.2) is 0 Å². The van der Waals surface area contributed by atoms with Crippen LogP contribution in [-0.4, -0.2) is 31.6 Å². The first-order valence-corrected chi connectivity index (χ1v) is 9.88. The summed E-state index contributed by atoms with van der Waals surface area (Å²) in [4.78, 5) is 23.4. The van der Waals surface area contributed by atoms with E-state index in [1.807, 2.05) is 6.07 Å². The number of hydrogen-bond acceptors (Lipinski definition) is 5. The maximum atomic E-state index is 12.4. The predicted molar refractivity (Wildman–Crippen MR) is 101 cm³/mol. The van der Waals surface area contributed by atoms with E-state index in [4.69, 9.17) is 0 Å². The molecular formula is C20H33N3O3. The molecule has 0 aromatic carbocycles. The fourth-order valence-electron chi connectivity index (χ4n) is 3.17. The van der Waals surface area contributed by atoms with Crippen molar-refractivity contribution >= 4 is 11.9 Å². The topological polar surface area (TPSA) is 91.2 Å². The highest BCUT2D eigenvalue weighted by molar-refractivity contribution is 5.97. The van der Waals surface area contributed by atoms with Gasteiger partial charge in [0.1, 0.15) is 11.6 Å². The molecule has 0 aromatic rings. The standard InChI is InChI=1S/C20H33N3O3/c1-26-19(24)13-14-22-16-17(15-21)20(25)23-18-11-9-7-5-3-2-4-6-8-10-12-18/h16,18,22H,2-14H2,1H3,(H,23,25)/b17-16-. The van der Waals surface area contributed by atoms with Crippen LogP contribution in [0.4, 0.5) is 0 Å². The summed E-state index contributed by atoms with van der Waals surface area (Å²) in [5, 5.41) is 15.1. The lowest BCUT2D eigenvalue weighted by Crippen LogP contribution is -2.36. The first-order chi connectivity index (χ1) is 12.7. The maximum absolute atomic E-state index is 12.4. The summed E-state index contributed by atoms with van der Waals surface area (Å²) < 4.78 is 4.55. The fraction of sp³-hybridized carbons (Fsp3) is 0.750. The minimum atomic E-state index is -0.338. The molecule has 1 amide bonds. The molecule has 0 bridgehead atoms. The molecule has 1 fully saturated rings. The van der Waals surface area contributed by atoms with E-state index in [0.29, 0.717) is 6.54 Å². The van der Waals surface area contributed by atoms with Crippen molar-refractivity contribution in [3.8, 4) is 6.07 Å². The molecule has 146 valence electrons. The van der Waals surface area contributed by atoms with E-state index in [9.17, 15) is 14.9 Å². The van der Waals surface area contributed by atoms with Gasteiger partial charge < -0.3 is 15.4 Å². The second-order valence-electron chi connectivity index (χ2n) is 6.88. The molecule has 0 unspecified atom stereocenters. The third kappa shape index (κ3) is 10.1. The lowest BCUT2D eigenvalue weighted by molar-refractivity contribution is -0.140. The van der Waals surface area contributed by atoms with Gasteiger partial charge in [-0.05, 0) is 12.8 Å². The van der Waals surface area contributed by atoms with E-state index in [-0.39, 0.29) is 29.9 Å². The smallest absolute Gasteiger partial charge is 0.307 e. The van der Waals surface area contributed by atoms with E-state index in [1.54, 1.807) is 0 Å². The summed E-state index contributed by atoms with van der Waals surface area (Å²) in [6, 6.07) is 2.07. The van der Waals surface area contributed by atoms with Gasteiger partial charge >= 0.3 is 5.97 Å². The molecule has 0 saturated heterocycles. The number of esters is 1. The number of nitriles is 1. The first kappa shape index (κ1) is 22.0. The quantitative estimate of drug-likeness (QED) is 0.327. The van der Waals surface area contributed by atoms with Crippen molar-refractivity contribution in [1.29, 1.82) is 5.26 Å². The van der Waals surface area contributed by atoms with Crippen LogP contribution in [0, 0.1) is 11.3 Å². The van der Waals surface area contributed by atoms with Crippen molar-refractivity contribution in [3.63, 3.8) is 0 Å². The second kappa shape index (κ2) is 14.2. The molecule has 6 nitrogen and oxygen atoms in total. The van der Waals surface area contributed by atoms with Crippen molar-refractivity contribution in [2.45, 2.75) is 83.1 Å². The Kier molecular flexibility index (Phi) is 12.0. The molecule has 1 rings (SSSR count). The van der Waals surface area contributed by atoms with Crippen LogP contribution in [0.25, 0.3) is 0 Å². The number of nitrogens with zero attached hydrogens (tertiary/aromatic N) is 1. The summed E-state index contributed by atoms with van der Waals surface area (Å²) in [7, 11) is 1.33. The lowest BCUT2D eigenvalue weighted by Gasteiger charge is -2.19. The third-order valence-electron chi connectivity index (χ3n) is 4.75. The SMILES string of the molecule is COC(=O)CCN/C=C(/C#N)C(=O)NC1CCCCCCCCCCC1. The van der Waals surface area contributed by atoms with Crippen molar-refractivity contribution in [2.24, 2.45) is 0 Å². The van der Waals surface area contributed by atoms with E-state index in [2.05, 4.69) is 15.4 Å². The van der Waals surface area contributed by atoms with Gasteiger partial charge in [-0.15, -0.1) is 0 Å². The third-order valence-corrected chi connectivity index (χ3v) is 4.75. The second-order valence-corrected chi connectivity index (χ2v) is 6.88. The molecule has 0 aliphatic heterocycles. The monoisotopic (exact) mass is 363 g/mol. The Morgan fingerprint density at radius 2 is 1.58 bits per heavy atom. The van der Waals surface area contributed by atoms with Gasteiger partial charge in [-0.2, -0.15) is 5.26 Å². The maximum Gasteiger partial charge on any atom is 0.307 e. The van der Waals surface area contributed by atoms with E-state index in [1.165, 1.54) is 58.3 Å². The summed E-state index contributed by atoms with van der Waals surface area (Å²) in [6.45, 7) is 0.328. The van der Waals surface area contributed by atoms with E-state index < -0.39 is 0 Å². The van der Waals surface area contributed by atoms with Gasteiger partial charge in [-0.25, -0.2) is 0 Å². The Morgan fingerprint density at radius 1 is 1.04 bits per heavy atom. The van der Waals surface area contributed by atoms with Crippen LogP contribution in [0.5, 0.6) is 0 Å². The molecular weight excluding hydrogens is 330 g/mol. The van der Waals surface area contributed by atoms with Crippen molar-refractivity contribution in [3.05, 3.63) is 11.8 Å². The molecule has 1 aliphatic rings. The Morgan fingerprint density at radius 3 is 2.08 bits per heavy atom. The predicted octanol–water partition coefficient (Wildman–Crippen LogP) is 3.34. The van der Waals surface area contributed by atoms with Gasteiger partial charge in [0.25, 0.3) is 5.91 Å². The van der Waals surface area contributed by atoms with Crippen LogP contribution in [0.15, 0.2) is 11.8 Å². The highest BCUT2D eigenvalue weighted by Gasteiger charge is 2.16. The number of methoxy groups -OCH3 is 1. The average Bonchev–Trinajstić information content (AvgIpc) is 2.63. The molecule has 1 aliphatic carbocycles. The first-order valence-electron chi connectivity index (χ1n) is 9.88. The molecule has 0 heterocycles. The molecule has 0 atom stereocenters. The van der Waals surface area contributed by atoms with Crippen LogP contribution in [0.1, 0.15) is 77.0 Å². The Bertz CT molecular complexity index is 485. The number of amides is 1. The Labute approximate surface area is 157 Å². The minimum absolute atomic E-state index is 0.0426. The summed E-state index contributed by atoms with van der Waals surface area (Å²) in [6.07, 6.45) is 14.7. The minimum Gasteiger partial charge on any atom is -0.469 e. The zero-order valence-electron chi connectivity index (χ0n) is 16.0. The number of ether oxygens (including phenoxy) is 1. The zero-order valence-corrected chi connectivity index (χ0v) is 16.0. The van der Waals surface area contributed by atoms with Gasteiger partial charge in [0, 0.05) is 18.8 Å². The van der Waals surface area contributed by atoms with Gasteiger partial charge in [-0.3, -0.25) is 9.59 Å². The van der Waals surface area contributed by atoms with Crippen molar-refractivity contribution in [2.75, 3.05) is 13.7 Å². The number of carbonyl (C=O) groups is 2. The molecule has 0 spiro atoms. The summed E-state index contributed by atoms with van der Waals surface area (Å²) >= 11 is 0. The normalized spacial score (nSPS) is 17.9. The van der Waals surface area contributed by atoms with Crippen molar-refractivity contribution < 1.29 is 14.3 Å². The van der Waals surface area contributed by atoms with Crippen LogP contribution in [0.2, 0.25) is 0 Å². The average molecular weight is 364 g/mol. The van der Waals surface area contributed by atoms with Gasteiger partial charge in [0.2, 0.25) is 0 Å². The molecule has 6 heteroatoms. The molecule has 1 saturated carbocycles. The largest absolute Gasteiger partial charge is 0.469 e. The highest BCUT2D eigenvalue weighted by Crippen LogP contribution is 2.17.